The minimum absolute atomic E-state index is 0.201. The van der Waals surface area contributed by atoms with E-state index in [1.165, 1.54) is 107 Å². The number of benzene rings is 4. The first-order valence-corrected chi connectivity index (χ1v) is 22.9. The van der Waals surface area contributed by atoms with E-state index in [4.69, 9.17) is 0 Å². The molecule has 2 nitrogen and oxygen atoms in total. The molecule has 6 unspecified atom stereocenters. The molecule has 12 rings (SSSR count). The first-order chi connectivity index (χ1) is 25.8. The van der Waals surface area contributed by atoms with Crippen molar-refractivity contribution in [2.45, 2.75) is 112 Å². The fourth-order valence-corrected chi connectivity index (χ4v) is 17.0. The number of phenolic OH excluding ortho intramolecular Hbond substituents is 2. The normalized spacial score (nSPS) is 35.1. The Balaban J connectivity index is 0.773. The SMILES string of the molecule is Cc1cc(-c2ccccc2SCCCCSc2ccccc2-c2cc(C)cc(C34CC5C[C@H]6C[C@H](C3)C64C5)c2O)c(O)c(C23CC4CC2C[C@H](C4)C3)c1. The fraction of sp³-hybridized carbons (Fsp3) is 0.510. The van der Waals surface area contributed by atoms with Gasteiger partial charge < -0.3 is 10.2 Å². The maximum atomic E-state index is 12.1. The van der Waals surface area contributed by atoms with Crippen LogP contribution in [0.25, 0.3) is 22.3 Å². The van der Waals surface area contributed by atoms with Gasteiger partial charge in [-0.25, -0.2) is 0 Å². The number of phenols is 2. The zero-order valence-corrected chi connectivity index (χ0v) is 33.1. The predicted molar refractivity (Wildman–Crippen MR) is 220 cm³/mol. The highest BCUT2D eigenvalue weighted by Gasteiger charge is 2.81. The van der Waals surface area contributed by atoms with E-state index in [0.717, 1.165) is 71.0 Å². The summed E-state index contributed by atoms with van der Waals surface area (Å²) in [5, 5.41) is 24.1. The second-order valence-corrected chi connectivity index (χ2v) is 21.3. The molecular formula is C49H54O2S2. The summed E-state index contributed by atoms with van der Waals surface area (Å²) in [6.07, 6.45) is 15.9. The second-order valence-electron chi connectivity index (χ2n) is 19.0. The van der Waals surface area contributed by atoms with Gasteiger partial charge in [-0.05, 0) is 190 Å². The number of aryl methyl sites for hydroxylation is 2. The van der Waals surface area contributed by atoms with E-state index in [0.29, 0.717) is 16.9 Å². The van der Waals surface area contributed by atoms with Gasteiger partial charge in [0.1, 0.15) is 11.5 Å². The van der Waals surface area contributed by atoms with Gasteiger partial charge in [0.05, 0.1) is 0 Å². The quantitative estimate of drug-likeness (QED) is 0.119. The maximum absolute atomic E-state index is 12.1. The highest BCUT2D eigenvalue weighted by molar-refractivity contribution is 7.99. The first kappa shape index (κ1) is 33.5. The van der Waals surface area contributed by atoms with E-state index >= 15 is 0 Å². The standard InChI is InChI=1S/C49H54O2S2/c1-29-15-39(45(50)41(17-29)47-24-31-19-32(25-47)21-34(47)20-31)37-9-3-5-11-43(37)52-13-7-8-14-53-44-12-6-4-10-38(44)40-16-30(2)18-42(46(40)51)48-26-33-22-35-23-36(28-48)49(35,48)27-33/h3-6,9-12,15-18,31-36,50-51H,7-8,13-14,19-28H2,1-2H3/t31-,32?,33?,34?,35-,36+,47?,48?,49?/m0/s1. The van der Waals surface area contributed by atoms with Crippen LogP contribution in [-0.4, -0.2) is 21.7 Å². The van der Waals surface area contributed by atoms with Crippen LogP contribution >= 0.6 is 23.5 Å². The molecule has 8 aliphatic rings. The summed E-state index contributed by atoms with van der Waals surface area (Å²) in [6.45, 7) is 4.45. The van der Waals surface area contributed by atoms with Crippen molar-refractivity contribution in [1.82, 2.24) is 0 Å². The first-order valence-electron chi connectivity index (χ1n) is 20.9. The number of aromatic hydroxyl groups is 2. The van der Waals surface area contributed by atoms with Gasteiger partial charge in [-0.3, -0.25) is 0 Å². The summed E-state index contributed by atoms with van der Waals surface area (Å²) in [4.78, 5) is 2.56. The van der Waals surface area contributed by atoms with Crippen molar-refractivity contribution in [3.8, 4) is 33.8 Å². The van der Waals surface area contributed by atoms with Gasteiger partial charge in [-0.15, -0.1) is 23.5 Å². The molecule has 0 aromatic heterocycles. The largest absolute Gasteiger partial charge is 0.507 e. The lowest BCUT2D eigenvalue weighted by molar-refractivity contribution is -0.199. The Morgan fingerprint density at radius 2 is 1.11 bits per heavy atom. The van der Waals surface area contributed by atoms with Crippen LogP contribution in [0.2, 0.25) is 0 Å². The van der Waals surface area contributed by atoms with E-state index in [1.54, 1.807) is 0 Å². The molecule has 8 fully saturated rings. The van der Waals surface area contributed by atoms with Crippen LogP contribution < -0.4 is 0 Å². The van der Waals surface area contributed by atoms with Crippen LogP contribution in [0.5, 0.6) is 11.5 Å². The van der Waals surface area contributed by atoms with E-state index in [2.05, 4.69) is 86.6 Å². The van der Waals surface area contributed by atoms with Gasteiger partial charge in [0.25, 0.3) is 0 Å². The van der Waals surface area contributed by atoms with Crippen molar-refractivity contribution in [3.63, 3.8) is 0 Å². The van der Waals surface area contributed by atoms with Crippen molar-refractivity contribution < 1.29 is 10.2 Å². The molecule has 4 aromatic carbocycles. The summed E-state index contributed by atoms with van der Waals surface area (Å²) in [7, 11) is 0. The van der Waals surface area contributed by atoms with E-state index in [1.807, 2.05) is 23.5 Å². The molecule has 0 aliphatic heterocycles. The number of fused-ring (bicyclic) bond motifs is 1. The summed E-state index contributed by atoms with van der Waals surface area (Å²) in [5.41, 5.74) is 10.5. The average Bonchev–Trinajstić information content (AvgIpc) is 3.81. The lowest BCUT2D eigenvalue weighted by atomic mass is 9.30. The Morgan fingerprint density at radius 3 is 1.72 bits per heavy atom. The van der Waals surface area contributed by atoms with Crippen LogP contribution in [0.1, 0.15) is 99.3 Å². The maximum Gasteiger partial charge on any atom is 0.127 e. The van der Waals surface area contributed by atoms with Crippen LogP contribution in [0, 0.1) is 54.8 Å². The van der Waals surface area contributed by atoms with Crippen molar-refractivity contribution in [2.75, 3.05) is 11.5 Å². The molecule has 0 amide bonds. The molecule has 0 heterocycles. The molecule has 4 aromatic rings. The highest BCUT2D eigenvalue weighted by Crippen LogP contribution is 2.87. The molecule has 0 saturated heterocycles. The molecule has 4 heteroatoms. The third kappa shape index (κ3) is 4.73. The fourth-order valence-electron chi connectivity index (χ4n) is 14.8. The molecule has 8 aliphatic carbocycles. The monoisotopic (exact) mass is 738 g/mol. The van der Waals surface area contributed by atoms with Crippen LogP contribution in [0.15, 0.2) is 82.6 Å². The molecule has 274 valence electrons. The molecule has 9 atom stereocenters. The molecule has 1 spiro atoms. The van der Waals surface area contributed by atoms with E-state index < -0.39 is 0 Å². The van der Waals surface area contributed by atoms with Gasteiger partial charge in [-0.2, -0.15) is 0 Å². The molecule has 2 N–H and O–H groups in total. The average molecular weight is 739 g/mol. The van der Waals surface area contributed by atoms with E-state index in [9.17, 15) is 10.2 Å². The van der Waals surface area contributed by atoms with Gasteiger partial charge in [0.2, 0.25) is 0 Å². The number of hydrogen-bond acceptors (Lipinski definition) is 4. The Hall–Kier alpha value is -2.82. The Labute approximate surface area is 325 Å². The lowest BCUT2D eigenvalue weighted by Crippen LogP contribution is -2.68. The minimum Gasteiger partial charge on any atom is -0.507 e. The Bertz CT molecular complexity index is 2120. The smallest absolute Gasteiger partial charge is 0.127 e. The summed E-state index contributed by atoms with van der Waals surface area (Å²) in [5.74, 6) is 8.42. The third-order valence-electron chi connectivity index (χ3n) is 16.4. The zero-order valence-electron chi connectivity index (χ0n) is 31.5. The molecule has 0 radical (unpaired) electrons. The summed E-state index contributed by atoms with van der Waals surface area (Å²) >= 11 is 3.89. The molecular weight excluding hydrogens is 685 g/mol. The van der Waals surface area contributed by atoms with Crippen molar-refractivity contribution in [3.05, 3.63) is 95.1 Å². The molecule has 53 heavy (non-hydrogen) atoms. The molecule has 6 bridgehead atoms. The number of hydrogen-bond donors (Lipinski definition) is 2. The Morgan fingerprint density at radius 1 is 0.547 bits per heavy atom. The van der Waals surface area contributed by atoms with Crippen molar-refractivity contribution in [2.24, 2.45) is 40.9 Å². The van der Waals surface area contributed by atoms with Crippen molar-refractivity contribution >= 4 is 23.5 Å². The predicted octanol–water partition coefficient (Wildman–Crippen LogP) is 12.9. The van der Waals surface area contributed by atoms with E-state index in [-0.39, 0.29) is 10.8 Å². The second kappa shape index (κ2) is 12.1. The van der Waals surface area contributed by atoms with Crippen molar-refractivity contribution in [1.29, 1.82) is 0 Å². The lowest BCUT2D eigenvalue weighted by Gasteiger charge is -2.73. The van der Waals surface area contributed by atoms with Gasteiger partial charge in [-0.1, -0.05) is 48.5 Å². The minimum atomic E-state index is 0.201. The Kier molecular flexibility index (Phi) is 7.64. The molecule has 8 saturated carbocycles. The summed E-state index contributed by atoms with van der Waals surface area (Å²) in [6, 6.07) is 26.7. The van der Waals surface area contributed by atoms with Crippen LogP contribution in [-0.2, 0) is 10.8 Å². The van der Waals surface area contributed by atoms with Crippen LogP contribution in [0.4, 0.5) is 0 Å². The zero-order chi connectivity index (χ0) is 35.7. The van der Waals surface area contributed by atoms with Gasteiger partial charge in [0, 0.05) is 42.9 Å². The number of unbranched alkanes of at least 4 members (excludes halogenated alkanes) is 1. The topological polar surface area (TPSA) is 40.5 Å². The number of thioether (sulfide) groups is 2. The highest BCUT2D eigenvalue weighted by atomic mass is 32.2. The van der Waals surface area contributed by atoms with Gasteiger partial charge in [0.15, 0.2) is 0 Å². The van der Waals surface area contributed by atoms with Crippen LogP contribution in [0.3, 0.4) is 0 Å². The number of rotatable bonds is 11. The summed E-state index contributed by atoms with van der Waals surface area (Å²) < 4.78 is 0. The van der Waals surface area contributed by atoms with Gasteiger partial charge >= 0.3 is 0 Å². The third-order valence-corrected chi connectivity index (χ3v) is 18.7.